The minimum absolute atomic E-state index is 0.0731. The average molecular weight is 323 g/mol. The van der Waals surface area contributed by atoms with Crippen molar-refractivity contribution in [2.45, 2.75) is 32.7 Å². The lowest BCUT2D eigenvalue weighted by molar-refractivity contribution is 0.0701. The summed E-state index contributed by atoms with van der Waals surface area (Å²) in [5.74, 6) is 0.837. The van der Waals surface area contributed by atoms with E-state index in [4.69, 9.17) is 11.0 Å². The largest absolute Gasteiger partial charge is 0.382 e. The Morgan fingerprint density at radius 2 is 2.08 bits per heavy atom. The van der Waals surface area contributed by atoms with E-state index >= 15 is 0 Å². The number of anilines is 1. The van der Waals surface area contributed by atoms with Gasteiger partial charge in [-0.3, -0.25) is 4.79 Å². The molecule has 2 N–H and O–H groups in total. The lowest BCUT2D eigenvalue weighted by Crippen LogP contribution is -2.38. The van der Waals surface area contributed by atoms with Crippen molar-refractivity contribution < 1.29 is 4.79 Å². The van der Waals surface area contributed by atoms with Gasteiger partial charge in [-0.1, -0.05) is 13.8 Å². The van der Waals surface area contributed by atoms with Gasteiger partial charge < -0.3 is 10.6 Å². The summed E-state index contributed by atoms with van der Waals surface area (Å²) in [6, 6.07) is 9.51. The van der Waals surface area contributed by atoms with E-state index < -0.39 is 0 Å². The molecular weight excluding hydrogens is 302 g/mol. The van der Waals surface area contributed by atoms with Crippen LogP contribution >= 0.6 is 0 Å². The summed E-state index contributed by atoms with van der Waals surface area (Å²) in [6.07, 6.45) is 3.57. The minimum atomic E-state index is 0.0731. The average Bonchev–Trinajstić information content (AvgIpc) is 3.21. The normalized spacial score (nSPS) is 17.2. The lowest BCUT2D eigenvalue weighted by atomic mass is 10.0. The quantitative estimate of drug-likeness (QED) is 0.940. The molecule has 1 atom stereocenters. The Morgan fingerprint density at radius 3 is 2.67 bits per heavy atom. The van der Waals surface area contributed by atoms with Gasteiger partial charge in [0.05, 0.1) is 11.9 Å². The van der Waals surface area contributed by atoms with E-state index in [9.17, 15) is 4.79 Å². The Balaban J connectivity index is 1.83. The zero-order valence-corrected chi connectivity index (χ0v) is 13.9. The van der Waals surface area contributed by atoms with Crippen LogP contribution in [0.2, 0.25) is 0 Å². The van der Waals surface area contributed by atoms with Crippen LogP contribution in [0.5, 0.6) is 0 Å². The lowest BCUT2D eigenvalue weighted by Gasteiger charge is -2.27. The molecule has 1 aromatic heterocycles. The smallest absolute Gasteiger partial charge is 0.254 e. The molecule has 1 aromatic carbocycles. The van der Waals surface area contributed by atoms with Gasteiger partial charge in [-0.15, -0.1) is 0 Å². The van der Waals surface area contributed by atoms with Crippen molar-refractivity contribution in [3.05, 3.63) is 41.6 Å². The van der Waals surface area contributed by atoms with Crippen LogP contribution in [0, 0.1) is 17.2 Å². The number of hydrogen-bond acceptors (Lipinski definition) is 4. The number of amides is 1. The number of nitriles is 1. The third-order valence-corrected chi connectivity index (χ3v) is 4.62. The summed E-state index contributed by atoms with van der Waals surface area (Å²) in [6.45, 7) is 5.14. The molecule has 0 radical (unpaired) electrons. The molecule has 0 bridgehead atoms. The fourth-order valence-electron chi connectivity index (χ4n) is 3.30. The molecule has 124 valence electrons. The Bertz CT molecular complexity index is 785. The van der Waals surface area contributed by atoms with Crippen molar-refractivity contribution in [2.24, 2.45) is 5.92 Å². The molecule has 1 amide bonds. The first-order valence-electron chi connectivity index (χ1n) is 8.18. The summed E-state index contributed by atoms with van der Waals surface area (Å²) < 4.78 is 1.50. The van der Waals surface area contributed by atoms with Crippen molar-refractivity contribution in [1.29, 1.82) is 5.26 Å². The molecule has 1 saturated heterocycles. The second-order valence-corrected chi connectivity index (χ2v) is 6.47. The van der Waals surface area contributed by atoms with E-state index in [2.05, 4.69) is 18.9 Å². The van der Waals surface area contributed by atoms with Crippen LogP contribution < -0.4 is 5.73 Å². The van der Waals surface area contributed by atoms with E-state index in [1.807, 2.05) is 11.0 Å². The third-order valence-electron chi connectivity index (χ3n) is 4.62. The van der Waals surface area contributed by atoms with Crippen molar-refractivity contribution in [3.63, 3.8) is 0 Å². The van der Waals surface area contributed by atoms with Gasteiger partial charge in [0.1, 0.15) is 17.5 Å². The van der Waals surface area contributed by atoms with Crippen LogP contribution in [0.25, 0.3) is 5.69 Å². The number of benzene rings is 1. The number of rotatable bonds is 3. The molecule has 1 unspecified atom stereocenters. The minimum Gasteiger partial charge on any atom is -0.382 e. The summed E-state index contributed by atoms with van der Waals surface area (Å²) in [4.78, 5) is 14.7. The van der Waals surface area contributed by atoms with Crippen LogP contribution in [0.3, 0.4) is 0 Å². The molecule has 1 aliphatic rings. The molecule has 2 heterocycles. The van der Waals surface area contributed by atoms with Gasteiger partial charge in [-0.25, -0.2) is 4.68 Å². The van der Waals surface area contributed by atoms with E-state index in [-0.39, 0.29) is 5.91 Å². The number of aromatic nitrogens is 2. The van der Waals surface area contributed by atoms with Crippen LogP contribution in [0.4, 0.5) is 5.82 Å². The number of likely N-dealkylation sites (tertiary alicyclic amines) is 1. The second kappa shape index (κ2) is 6.36. The van der Waals surface area contributed by atoms with E-state index in [0.717, 1.165) is 25.1 Å². The van der Waals surface area contributed by atoms with Gasteiger partial charge in [0.2, 0.25) is 0 Å². The molecular formula is C18H21N5O. The zero-order chi connectivity index (χ0) is 17.3. The molecule has 6 nitrogen and oxygen atoms in total. The van der Waals surface area contributed by atoms with Gasteiger partial charge in [0, 0.05) is 18.2 Å². The Kier molecular flexibility index (Phi) is 4.26. The van der Waals surface area contributed by atoms with Gasteiger partial charge in [-0.05, 0) is 43.0 Å². The fourth-order valence-corrected chi connectivity index (χ4v) is 3.30. The first kappa shape index (κ1) is 16.1. The summed E-state index contributed by atoms with van der Waals surface area (Å²) >= 11 is 0. The van der Waals surface area contributed by atoms with Gasteiger partial charge in [-0.2, -0.15) is 10.4 Å². The zero-order valence-electron chi connectivity index (χ0n) is 13.9. The van der Waals surface area contributed by atoms with Gasteiger partial charge in [0.15, 0.2) is 0 Å². The molecule has 3 rings (SSSR count). The fraction of sp³-hybridized carbons (Fsp3) is 0.389. The van der Waals surface area contributed by atoms with Gasteiger partial charge >= 0.3 is 0 Å². The summed E-state index contributed by atoms with van der Waals surface area (Å²) in [5.41, 5.74) is 7.63. The number of carbonyl (C=O) groups is 1. The van der Waals surface area contributed by atoms with Crippen LogP contribution in [-0.4, -0.2) is 33.2 Å². The van der Waals surface area contributed by atoms with Crippen molar-refractivity contribution in [1.82, 2.24) is 14.7 Å². The Hall–Kier alpha value is -2.81. The predicted molar refractivity (Wildman–Crippen MR) is 91.6 cm³/mol. The number of nitrogen functional groups attached to an aromatic ring is 1. The first-order chi connectivity index (χ1) is 11.5. The number of nitrogens with two attached hydrogens (primary N) is 1. The SMILES string of the molecule is CC(C)C1CCCN1C(=O)c1ccc(-n2ncc(C#N)c2N)cc1. The van der Waals surface area contributed by atoms with Crippen LogP contribution in [-0.2, 0) is 0 Å². The molecule has 24 heavy (non-hydrogen) atoms. The van der Waals surface area contributed by atoms with Gasteiger partial charge in [0.25, 0.3) is 5.91 Å². The standard InChI is InChI=1S/C18H21N5O/c1-12(2)16-4-3-9-22(16)18(24)13-5-7-15(8-6-13)23-17(20)14(10-19)11-21-23/h5-8,11-12,16H,3-4,9,20H2,1-2H3. The Morgan fingerprint density at radius 1 is 1.38 bits per heavy atom. The van der Waals surface area contributed by atoms with E-state index in [1.165, 1.54) is 10.9 Å². The Labute approximate surface area is 141 Å². The summed E-state index contributed by atoms with van der Waals surface area (Å²) in [7, 11) is 0. The van der Waals surface area contributed by atoms with Crippen molar-refractivity contribution in [2.75, 3.05) is 12.3 Å². The summed E-state index contributed by atoms with van der Waals surface area (Å²) in [5, 5.41) is 13.1. The number of hydrogen-bond donors (Lipinski definition) is 1. The maximum Gasteiger partial charge on any atom is 0.254 e. The van der Waals surface area contributed by atoms with Crippen LogP contribution in [0.15, 0.2) is 30.5 Å². The third kappa shape index (κ3) is 2.73. The topological polar surface area (TPSA) is 87.9 Å². The number of nitrogens with zero attached hydrogens (tertiary/aromatic N) is 4. The molecule has 6 heteroatoms. The highest BCUT2D eigenvalue weighted by atomic mass is 16.2. The highest BCUT2D eigenvalue weighted by molar-refractivity contribution is 5.94. The second-order valence-electron chi connectivity index (χ2n) is 6.47. The first-order valence-corrected chi connectivity index (χ1v) is 8.18. The molecule has 1 fully saturated rings. The highest BCUT2D eigenvalue weighted by Crippen LogP contribution is 2.26. The monoisotopic (exact) mass is 323 g/mol. The maximum atomic E-state index is 12.8. The molecule has 1 aliphatic heterocycles. The number of carbonyl (C=O) groups excluding carboxylic acids is 1. The van der Waals surface area contributed by atoms with Crippen molar-refractivity contribution in [3.8, 4) is 11.8 Å². The molecule has 2 aromatic rings. The van der Waals surface area contributed by atoms with E-state index in [1.54, 1.807) is 24.3 Å². The van der Waals surface area contributed by atoms with Crippen molar-refractivity contribution >= 4 is 11.7 Å². The highest BCUT2D eigenvalue weighted by Gasteiger charge is 2.31. The predicted octanol–water partition coefficient (Wildman–Crippen LogP) is 2.59. The van der Waals surface area contributed by atoms with Crippen LogP contribution in [0.1, 0.15) is 42.6 Å². The molecule has 0 saturated carbocycles. The molecule has 0 aliphatic carbocycles. The van der Waals surface area contributed by atoms with E-state index in [0.29, 0.717) is 28.9 Å². The molecule has 0 spiro atoms. The maximum absolute atomic E-state index is 12.8.